The number of aryl methyl sites for hydroxylation is 1. The zero-order chi connectivity index (χ0) is 14.8. The van der Waals surface area contributed by atoms with Gasteiger partial charge in [-0.05, 0) is 43.1 Å². The Labute approximate surface area is 124 Å². The topological polar surface area (TPSA) is 12.0 Å². The number of halogens is 1. The SMILES string of the molecule is CCCCCCCCC(NCC)c1ccc(F)cc1C. The van der Waals surface area contributed by atoms with Crippen LogP contribution >= 0.6 is 0 Å². The molecule has 0 saturated carbocycles. The van der Waals surface area contributed by atoms with Crippen LogP contribution in [0.4, 0.5) is 4.39 Å². The smallest absolute Gasteiger partial charge is 0.123 e. The molecule has 0 fully saturated rings. The number of hydrogen-bond donors (Lipinski definition) is 1. The van der Waals surface area contributed by atoms with E-state index in [1.807, 2.05) is 13.0 Å². The standard InChI is InChI=1S/C18H30FN/c1-4-6-7-8-9-10-11-18(20-5-2)17-13-12-16(19)14-15(17)3/h12-14,18,20H,4-11H2,1-3H3. The van der Waals surface area contributed by atoms with E-state index in [0.717, 1.165) is 18.5 Å². The first-order valence-electron chi connectivity index (χ1n) is 8.18. The first-order valence-corrected chi connectivity index (χ1v) is 8.18. The van der Waals surface area contributed by atoms with Gasteiger partial charge in [0.15, 0.2) is 0 Å². The van der Waals surface area contributed by atoms with E-state index in [2.05, 4.69) is 19.2 Å². The quantitative estimate of drug-likeness (QED) is 0.555. The largest absolute Gasteiger partial charge is 0.310 e. The zero-order valence-corrected chi connectivity index (χ0v) is 13.3. The van der Waals surface area contributed by atoms with Gasteiger partial charge in [-0.3, -0.25) is 0 Å². The second-order valence-electron chi connectivity index (χ2n) is 5.67. The van der Waals surface area contributed by atoms with Crippen LogP contribution < -0.4 is 5.32 Å². The van der Waals surface area contributed by atoms with E-state index in [0.29, 0.717) is 6.04 Å². The van der Waals surface area contributed by atoms with Crippen molar-refractivity contribution in [1.82, 2.24) is 5.32 Å². The molecule has 0 saturated heterocycles. The predicted octanol–water partition coefficient (Wildman–Crippen LogP) is 5.54. The van der Waals surface area contributed by atoms with E-state index in [9.17, 15) is 4.39 Å². The second kappa shape index (κ2) is 9.93. The van der Waals surface area contributed by atoms with E-state index >= 15 is 0 Å². The lowest BCUT2D eigenvalue weighted by Crippen LogP contribution is -2.21. The summed E-state index contributed by atoms with van der Waals surface area (Å²) >= 11 is 0. The molecule has 0 radical (unpaired) electrons. The highest BCUT2D eigenvalue weighted by molar-refractivity contribution is 5.29. The summed E-state index contributed by atoms with van der Waals surface area (Å²) < 4.78 is 13.2. The van der Waals surface area contributed by atoms with Crippen LogP contribution in [0.15, 0.2) is 18.2 Å². The molecular weight excluding hydrogens is 249 g/mol. The molecule has 1 unspecified atom stereocenters. The summed E-state index contributed by atoms with van der Waals surface area (Å²) in [4.78, 5) is 0. The van der Waals surface area contributed by atoms with Gasteiger partial charge in [0, 0.05) is 6.04 Å². The van der Waals surface area contributed by atoms with Crippen LogP contribution in [0.5, 0.6) is 0 Å². The van der Waals surface area contributed by atoms with Gasteiger partial charge in [-0.15, -0.1) is 0 Å². The fourth-order valence-corrected chi connectivity index (χ4v) is 2.77. The van der Waals surface area contributed by atoms with Crippen molar-refractivity contribution in [3.63, 3.8) is 0 Å². The van der Waals surface area contributed by atoms with Crippen molar-refractivity contribution in [2.45, 2.75) is 71.8 Å². The molecule has 0 spiro atoms. The fourth-order valence-electron chi connectivity index (χ4n) is 2.77. The zero-order valence-electron chi connectivity index (χ0n) is 13.3. The van der Waals surface area contributed by atoms with E-state index in [4.69, 9.17) is 0 Å². The Hall–Kier alpha value is -0.890. The summed E-state index contributed by atoms with van der Waals surface area (Å²) in [6.07, 6.45) is 9.06. The highest BCUT2D eigenvalue weighted by Gasteiger charge is 2.12. The third kappa shape index (κ3) is 6.04. The van der Waals surface area contributed by atoms with Crippen LogP contribution in [0, 0.1) is 12.7 Å². The molecule has 0 aromatic heterocycles. The maximum atomic E-state index is 13.2. The van der Waals surface area contributed by atoms with E-state index in [-0.39, 0.29) is 5.82 Å². The van der Waals surface area contributed by atoms with Gasteiger partial charge in [0.2, 0.25) is 0 Å². The van der Waals surface area contributed by atoms with Gasteiger partial charge in [0.05, 0.1) is 0 Å². The normalized spacial score (nSPS) is 12.6. The van der Waals surface area contributed by atoms with Crippen molar-refractivity contribution in [3.05, 3.63) is 35.1 Å². The molecular formula is C18H30FN. The average Bonchev–Trinajstić information content (AvgIpc) is 2.42. The molecule has 1 atom stereocenters. The monoisotopic (exact) mass is 279 g/mol. The molecule has 1 rings (SSSR count). The van der Waals surface area contributed by atoms with Crippen LogP contribution in [0.3, 0.4) is 0 Å². The maximum Gasteiger partial charge on any atom is 0.123 e. The summed E-state index contributed by atoms with van der Waals surface area (Å²) in [6, 6.07) is 5.52. The lowest BCUT2D eigenvalue weighted by molar-refractivity contribution is 0.474. The number of nitrogens with one attached hydrogen (secondary N) is 1. The van der Waals surface area contributed by atoms with Gasteiger partial charge >= 0.3 is 0 Å². The molecule has 0 aliphatic heterocycles. The van der Waals surface area contributed by atoms with Gasteiger partial charge in [0.1, 0.15) is 5.82 Å². The minimum absolute atomic E-state index is 0.138. The summed E-state index contributed by atoms with van der Waals surface area (Å²) in [5.41, 5.74) is 2.31. The maximum absolute atomic E-state index is 13.2. The molecule has 0 heterocycles. The fraction of sp³-hybridized carbons (Fsp3) is 0.667. The summed E-state index contributed by atoms with van der Waals surface area (Å²) in [5.74, 6) is -0.138. The van der Waals surface area contributed by atoms with Crippen molar-refractivity contribution in [2.24, 2.45) is 0 Å². The molecule has 20 heavy (non-hydrogen) atoms. The van der Waals surface area contributed by atoms with Crippen LogP contribution in [0.1, 0.15) is 76.0 Å². The molecule has 0 amide bonds. The Kier molecular flexibility index (Phi) is 8.52. The molecule has 0 aliphatic rings. The molecule has 1 nitrogen and oxygen atoms in total. The lowest BCUT2D eigenvalue weighted by atomic mass is 9.96. The van der Waals surface area contributed by atoms with E-state index in [1.54, 1.807) is 12.1 Å². The molecule has 0 bridgehead atoms. The van der Waals surface area contributed by atoms with Gasteiger partial charge in [-0.25, -0.2) is 4.39 Å². The van der Waals surface area contributed by atoms with Crippen molar-refractivity contribution in [3.8, 4) is 0 Å². The van der Waals surface area contributed by atoms with Gasteiger partial charge in [-0.2, -0.15) is 0 Å². The van der Waals surface area contributed by atoms with Crippen molar-refractivity contribution < 1.29 is 4.39 Å². The highest BCUT2D eigenvalue weighted by Crippen LogP contribution is 2.24. The van der Waals surface area contributed by atoms with Crippen LogP contribution in [-0.2, 0) is 0 Å². The van der Waals surface area contributed by atoms with E-state index in [1.165, 1.54) is 44.1 Å². The molecule has 1 aromatic carbocycles. The Morgan fingerprint density at radius 2 is 1.75 bits per heavy atom. The van der Waals surface area contributed by atoms with E-state index < -0.39 is 0 Å². The Morgan fingerprint density at radius 1 is 1.05 bits per heavy atom. The van der Waals surface area contributed by atoms with Crippen LogP contribution in [-0.4, -0.2) is 6.54 Å². The predicted molar refractivity (Wildman–Crippen MR) is 85.5 cm³/mol. The lowest BCUT2D eigenvalue weighted by Gasteiger charge is -2.20. The molecule has 1 N–H and O–H groups in total. The van der Waals surface area contributed by atoms with Gasteiger partial charge < -0.3 is 5.32 Å². The molecule has 0 aliphatic carbocycles. The molecule has 1 aromatic rings. The second-order valence-corrected chi connectivity index (χ2v) is 5.67. The average molecular weight is 279 g/mol. The first-order chi connectivity index (χ1) is 9.69. The summed E-state index contributed by atoms with van der Waals surface area (Å²) in [5, 5.41) is 3.54. The third-order valence-electron chi connectivity index (χ3n) is 3.90. The van der Waals surface area contributed by atoms with Crippen molar-refractivity contribution >= 4 is 0 Å². The van der Waals surface area contributed by atoms with Crippen LogP contribution in [0.2, 0.25) is 0 Å². The molecule has 114 valence electrons. The Bertz CT molecular complexity index is 376. The Balaban J connectivity index is 2.47. The van der Waals surface area contributed by atoms with Gasteiger partial charge in [-0.1, -0.05) is 58.4 Å². The molecule has 2 heteroatoms. The minimum Gasteiger partial charge on any atom is -0.310 e. The van der Waals surface area contributed by atoms with Gasteiger partial charge in [0.25, 0.3) is 0 Å². The number of benzene rings is 1. The Morgan fingerprint density at radius 3 is 2.40 bits per heavy atom. The van der Waals surface area contributed by atoms with Crippen molar-refractivity contribution in [2.75, 3.05) is 6.54 Å². The minimum atomic E-state index is -0.138. The number of rotatable bonds is 10. The highest BCUT2D eigenvalue weighted by atomic mass is 19.1. The summed E-state index contributed by atoms with van der Waals surface area (Å²) in [6.45, 7) is 7.34. The third-order valence-corrected chi connectivity index (χ3v) is 3.90. The summed E-state index contributed by atoms with van der Waals surface area (Å²) in [7, 11) is 0. The number of hydrogen-bond acceptors (Lipinski definition) is 1. The van der Waals surface area contributed by atoms with Crippen molar-refractivity contribution in [1.29, 1.82) is 0 Å². The first kappa shape index (κ1) is 17.2. The van der Waals surface area contributed by atoms with Crippen LogP contribution in [0.25, 0.3) is 0 Å². The number of unbranched alkanes of at least 4 members (excludes halogenated alkanes) is 5.